The van der Waals surface area contributed by atoms with Gasteiger partial charge in [-0.15, -0.1) is 0 Å². The van der Waals surface area contributed by atoms with Crippen molar-refractivity contribution in [3.8, 4) is 5.75 Å². The van der Waals surface area contributed by atoms with Crippen molar-refractivity contribution >= 4 is 5.96 Å². The van der Waals surface area contributed by atoms with Crippen molar-refractivity contribution in [2.45, 2.75) is 32.7 Å². The zero-order valence-electron chi connectivity index (χ0n) is 14.0. The largest absolute Gasteiger partial charge is 0.491 e. The third-order valence-corrected chi connectivity index (χ3v) is 3.21. The highest BCUT2D eigenvalue weighted by Crippen LogP contribution is 2.13. The Balaban J connectivity index is 2.37. The summed E-state index contributed by atoms with van der Waals surface area (Å²) in [6.07, 6.45) is 3.63. The van der Waals surface area contributed by atoms with Crippen LogP contribution in [0, 0.1) is 0 Å². The Morgan fingerprint density at radius 1 is 1.18 bits per heavy atom. The van der Waals surface area contributed by atoms with Crippen molar-refractivity contribution in [1.29, 1.82) is 0 Å². The Hall–Kier alpha value is -1.75. The lowest BCUT2D eigenvalue weighted by Gasteiger charge is -2.12. The van der Waals surface area contributed by atoms with Crippen LogP contribution in [0.2, 0.25) is 0 Å². The molecule has 0 bridgehead atoms. The quantitative estimate of drug-likeness (QED) is 0.396. The van der Waals surface area contributed by atoms with Gasteiger partial charge >= 0.3 is 0 Å². The summed E-state index contributed by atoms with van der Waals surface area (Å²) in [7, 11) is 3.46. The van der Waals surface area contributed by atoms with Gasteiger partial charge < -0.3 is 20.1 Å². The van der Waals surface area contributed by atoms with Gasteiger partial charge in [-0.3, -0.25) is 4.99 Å². The molecule has 0 radical (unpaired) electrons. The molecule has 5 heteroatoms. The molecule has 22 heavy (non-hydrogen) atoms. The zero-order chi connectivity index (χ0) is 16.0. The number of unbranched alkanes of at least 4 members (excludes halogenated alkanes) is 2. The smallest absolute Gasteiger partial charge is 0.191 e. The molecule has 0 heterocycles. The maximum atomic E-state index is 5.61. The number of nitrogens with zero attached hydrogens (tertiary/aromatic N) is 1. The van der Waals surface area contributed by atoms with E-state index in [1.54, 1.807) is 14.2 Å². The van der Waals surface area contributed by atoms with Gasteiger partial charge in [-0.2, -0.15) is 0 Å². The Morgan fingerprint density at radius 3 is 2.77 bits per heavy atom. The normalized spacial score (nSPS) is 11.3. The van der Waals surface area contributed by atoms with Gasteiger partial charge in [-0.05, 0) is 24.1 Å². The van der Waals surface area contributed by atoms with Crippen LogP contribution in [0.25, 0.3) is 0 Å². The van der Waals surface area contributed by atoms with E-state index < -0.39 is 0 Å². The van der Waals surface area contributed by atoms with Crippen molar-refractivity contribution in [3.05, 3.63) is 29.8 Å². The fraction of sp³-hybridized carbons (Fsp3) is 0.588. The molecule has 0 saturated carbocycles. The lowest BCUT2D eigenvalue weighted by Crippen LogP contribution is -2.37. The van der Waals surface area contributed by atoms with E-state index in [4.69, 9.17) is 9.47 Å². The lowest BCUT2D eigenvalue weighted by atomic mass is 10.2. The van der Waals surface area contributed by atoms with Crippen molar-refractivity contribution in [2.24, 2.45) is 4.99 Å². The Morgan fingerprint density at radius 2 is 2.05 bits per heavy atom. The van der Waals surface area contributed by atoms with E-state index in [2.05, 4.69) is 28.6 Å². The summed E-state index contributed by atoms with van der Waals surface area (Å²) < 4.78 is 10.6. The third kappa shape index (κ3) is 7.88. The van der Waals surface area contributed by atoms with E-state index in [9.17, 15) is 0 Å². The minimum atomic E-state index is 0.564. The molecule has 0 saturated heterocycles. The van der Waals surface area contributed by atoms with Crippen LogP contribution in [-0.4, -0.2) is 39.9 Å². The summed E-state index contributed by atoms with van der Waals surface area (Å²) >= 11 is 0. The average molecular weight is 307 g/mol. The number of hydrogen-bond acceptors (Lipinski definition) is 3. The molecule has 0 fully saturated rings. The highest BCUT2D eigenvalue weighted by Gasteiger charge is 2.00. The molecule has 0 aliphatic rings. The number of nitrogens with one attached hydrogen (secondary N) is 2. The van der Waals surface area contributed by atoms with Gasteiger partial charge in [0.2, 0.25) is 0 Å². The number of benzene rings is 1. The highest BCUT2D eigenvalue weighted by molar-refractivity contribution is 5.79. The third-order valence-electron chi connectivity index (χ3n) is 3.21. The fourth-order valence-corrected chi connectivity index (χ4v) is 1.98. The first kappa shape index (κ1) is 18.3. The Labute approximate surface area is 134 Å². The van der Waals surface area contributed by atoms with Gasteiger partial charge in [-0.25, -0.2) is 0 Å². The van der Waals surface area contributed by atoms with Gasteiger partial charge in [0.25, 0.3) is 0 Å². The second-order valence-electron chi connectivity index (χ2n) is 5.05. The molecular formula is C17H29N3O2. The number of ether oxygens (including phenoxy) is 2. The molecule has 124 valence electrons. The first-order valence-corrected chi connectivity index (χ1v) is 7.95. The van der Waals surface area contributed by atoms with Gasteiger partial charge in [-0.1, -0.05) is 31.9 Å². The molecule has 1 aromatic rings. The highest BCUT2D eigenvalue weighted by atomic mass is 16.5. The minimum absolute atomic E-state index is 0.564. The molecule has 1 aromatic carbocycles. The fourth-order valence-electron chi connectivity index (χ4n) is 1.98. The van der Waals surface area contributed by atoms with Crippen LogP contribution < -0.4 is 15.4 Å². The molecule has 0 unspecified atom stereocenters. The first-order chi connectivity index (χ1) is 10.8. The molecule has 2 N–H and O–H groups in total. The van der Waals surface area contributed by atoms with Crippen molar-refractivity contribution in [2.75, 3.05) is 33.9 Å². The molecule has 0 aromatic heterocycles. The maximum Gasteiger partial charge on any atom is 0.191 e. The Bertz CT molecular complexity index is 436. The Kier molecular flexibility index (Phi) is 9.87. The second kappa shape index (κ2) is 11.9. The minimum Gasteiger partial charge on any atom is -0.491 e. The van der Waals surface area contributed by atoms with Gasteiger partial charge in [0.05, 0.1) is 6.61 Å². The van der Waals surface area contributed by atoms with Gasteiger partial charge in [0.1, 0.15) is 12.4 Å². The summed E-state index contributed by atoms with van der Waals surface area (Å²) in [5.41, 5.74) is 1.16. The van der Waals surface area contributed by atoms with E-state index in [1.807, 2.05) is 18.2 Å². The van der Waals surface area contributed by atoms with Crippen LogP contribution in [0.15, 0.2) is 29.3 Å². The predicted molar refractivity (Wildman–Crippen MR) is 91.5 cm³/mol. The molecular weight excluding hydrogens is 278 g/mol. The van der Waals surface area contributed by atoms with Crippen LogP contribution >= 0.6 is 0 Å². The van der Waals surface area contributed by atoms with Gasteiger partial charge in [0, 0.05) is 27.2 Å². The maximum absolute atomic E-state index is 5.61. The lowest BCUT2D eigenvalue weighted by molar-refractivity contribution is 0.146. The van der Waals surface area contributed by atoms with Crippen LogP contribution in [0.1, 0.15) is 31.7 Å². The topological polar surface area (TPSA) is 54.9 Å². The molecule has 0 amide bonds. The standard InChI is InChI=1S/C17H29N3O2/c1-4-5-6-10-19-17(18-2)20-14-15-8-7-9-16(13-15)22-12-11-21-3/h7-9,13H,4-6,10-12,14H2,1-3H3,(H2,18,19,20). The summed E-state index contributed by atoms with van der Waals surface area (Å²) in [5.74, 6) is 1.70. The van der Waals surface area contributed by atoms with E-state index >= 15 is 0 Å². The monoisotopic (exact) mass is 307 g/mol. The number of aliphatic imine (C=N–C) groups is 1. The summed E-state index contributed by atoms with van der Waals surface area (Å²) in [5, 5.41) is 6.64. The predicted octanol–water partition coefficient (Wildman–Crippen LogP) is 2.57. The summed E-state index contributed by atoms with van der Waals surface area (Å²) in [6, 6.07) is 8.06. The van der Waals surface area contributed by atoms with Crippen LogP contribution in [0.4, 0.5) is 0 Å². The summed E-state index contributed by atoms with van der Waals surface area (Å²) in [6.45, 7) is 5.03. The number of hydrogen-bond donors (Lipinski definition) is 2. The van der Waals surface area contributed by atoms with E-state index in [1.165, 1.54) is 19.3 Å². The molecule has 0 atom stereocenters. The van der Waals surface area contributed by atoms with E-state index in [0.717, 1.165) is 30.4 Å². The molecule has 1 rings (SSSR count). The second-order valence-corrected chi connectivity index (χ2v) is 5.05. The van der Waals surface area contributed by atoms with E-state index in [-0.39, 0.29) is 0 Å². The SMILES string of the molecule is CCCCCNC(=NC)NCc1cccc(OCCOC)c1. The van der Waals surface area contributed by atoms with Crippen LogP contribution in [0.5, 0.6) is 5.75 Å². The van der Waals surface area contributed by atoms with Crippen LogP contribution in [0.3, 0.4) is 0 Å². The first-order valence-electron chi connectivity index (χ1n) is 7.95. The van der Waals surface area contributed by atoms with Gasteiger partial charge in [0.15, 0.2) is 5.96 Å². The molecule has 5 nitrogen and oxygen atoms in total. The van der Waals surface area contributed by atoms with Crippen LogP contribution in [-0.2, 0) is 11.3 Å². The van der Waals surface area contributed by atoms with Crippen molar-refractivity contribution in [3.63, 3.8) is 0 Å². The number of methoxy groups -OCH3 is 1. The molecule has 0 spiro atoms. The zero-order valence-corrected chi connectivity index (χ0v) is 14.0. The number of rotatable bonds is 10. The van der Waals surface area contributed by atoms with E-state index in [0.29, 0.717) is 13.2 Å². The number of guanidine groups is 1. The van der Waals surface area contributed by atoms with Crippen molar-refractivity contribution < 1.29 is 9.47 Å². The summed E-state index contributed by atoms with van der Waals surface area (Å²) in [4.78, 5) is 4.23. The molecule has 0 aliphatic heterocycles. The molecule has 0 aliphatic carbocycles. The average Bonchev–Trinajstić information content (AvgIpc) is 2.55. The van der Waals surface area contributed by atoms with Crippen molar-refractivity contribution in [1.82, 2.24) is 10.6 Å².